The van der Waals surface area contributed by atoms with Crippen LogP contribution in [0, 0.1) is 0 Å². The lowest BCUT2D eigenvalue weighted by Gasteiger charge is -2.29. The molecule has 0 aromatic heterocycles. The molecular formula is C66H63N3O10P4. The Hall–Kier alpha value is -8.20. The van der Waals surface area contributed by atoms with Crippen molar-refractivity contribution in [3.8, 4) is 34.5 Å². The summed E-state index contributed by atoms with van der Waals surface area (Å²) in [6.07, 6.45) is 9.60. The Morgan fingerprint density at radius 1 is 0.289 bits per heavy atom. The molecule has 0 amide bonds. The van der Waals surface area contributed by atoms with Crippen LogP contribution in [0.3, 0.4) is 0 Å². The fourth-order valence-electron chi connectivity index (χ4n) is 9.32. The van der Waals surface area contributed by atoms with E-state index in [-0.39, 0.29) is 56.5 Å². The molecule has 0 radical (unpaired) electrons. The van der Waals surface area contributed by atoms with Crippen molar-refractivity contribution < 1.29 is 45.4 Å². The lowest BCUT2D eigenvalue weighted by molar-refractivity contribution is 0.306. The van der Waals surface area contributed by atoms with Crippen LogP contribution in [0.5, 0.6) is 34.5 Å². The van der Waals surface area contributed by atoms with Gasteiger partial charge in [-0.05, 0) is 107 Å². The van der Waals surface area contributed by atoms with Gasteiger partial charge in [0.25, 0.3) is 0 Å². The molecule has 3 unspecified atom stereocenters. The maximum absolute atomic E-state index is 16.5. The summed E-state index contributed by atoms with van der Waals surface area (Å²) >= 11 is 0. The van der Waals surface area contributed by atoms with Gasteiger partial charge in [0, 0.05) is 71.3 Å². The van der Waals surface area contributed by atoms with Crippen LogP contribution in [-0.4, -0.2) is 53.3 Å². The minimum Gasteiger partial charge on any atom is -0.404 e. The van der Waals surface area contributed by atoms with E-state index in [2.05, 4.69) is 39.5 Å². The Morgan fingerprint density at radius 2 is 0.518 bits per heavy atom. The highest BCUT2D eigenvalue weighted by atomic mass is 31.2. The lowest BCUT2D eigenvalue weighted by Crippen LogP contribution is -2.27. The zero-order valence-electron chi connectivity index (χ0n) is 45.7. The molecule has 83 heavy (non-hydrogen) atoms. The van der Waals surface area contributed by atoms with Gasteiger partial charge in [-0.2, -0.15) is 14.0 Å². The molecule has 0 spiro atoms. The van der Waals surface area contributed by atoms with Gasteiger partial charge in [-0.3, -0.25) is 0 Å². The Morgan fingerprint density at radius 3 is 0.759 bits per heavy atom. The molecule has 422 valence electrons. The van der Waals surface area contributed by atoms with Crippen LogP contribution in [0.25, 0.3) is 32.3 Å². The second-order valence-electron chi connectivity index (χ2n) is 18.8. The first-order chi connectivity index (χ1) is 40.3. The number of rotatable bonds is 30. The first kappa shape index (κ1) is 59.4. The van der Waals surface area contributed by atoms with Gasteiger partial charge >= 0.3 is 23.2 Å². The van der Waals surface area contributed by atoms with Gasteiger partial charge < -0.3 is 31.7 Å². The summed E-state index contributed by atoms with van der Waals surface area (Å²) in [7, 11) is -16.6. The summed E-state index contributed by atoms with van der Waals surface area (Å²) in [5.41, 5.74) is 0. The highest BCUT2D eigenvalue weighted by Gasteiger charge is 2.40. The van der Waals surface area contributed by atoms with Gasteiger partial charge in [-0.1, -0.05) is 146 Å². The van der Waals surface area contributed by atoms with E-state index in [0.29, 0.717) is 33.2 Å². The van der Waals surface area contributed by atoms with E-state index < -0.39 is 30.4 Å². The molecule has 0 saturated carbocycles. The van der Waals surface area contributed by atoms with Gasteiger partial charge in [0.05, 0.1) is 0 Å². The zero-order chi connectivity index (χ0) is 58.5. The molecule has 0 aliphatic carbocycles. The molecular weight excluding hydrogens is 1120 g/mol. The first-order valence-corrected chi connectivity index (χ1v) is 32.7. The molecule has 9 rings (SSSR count). The van der Waals surface area contributed by atoms with Crippen LogP contribution in [-0.2, 0) is 18.3 Å². The van der Waals surface area contributed by atoms with Crippen molar-refractivity contribution in [3.63, 3.8) is 0 Å². The maximum atomic E-state index is 16.5. The lowest BCUT2D eigenvalue weighted by atomic mass is 10.1. The highest BCUT2D eigenvalue weighted by Crippen LogP contribution is 2.56. The molecule has 3 atom stereocenters. The van der Waals surface area contributed by atoms with E-state index in [1.54, 1.807) is 127 Å². The molecule has 17 heteroatoms. The normalized spacial score (nSPS) is 14.3. The van der Waals surface area contributed by atoms with Crippen LogP contribution < -0.4 is 43.1 Å². The largest absolute Gasteiger partial charge is 0.516 e. The molecule has 0 fully saturated rings. The third kappa shape index (κ3) is 13.4. The van der Waals surface area contributed by atoms with Gasteiger partial charge in [0.15, 0.2) is 7.14 Å². The quantitative estimate of drug-likeness (QED) is 0.0313. The standard InChI is InChI=1S/C66H63N3O10P4/c1-7-46-67(47-8-2)81(71,77-64-31-19-25-52-22-13-16-28-61(52)64)74-55-34-40-58(41-35-55)80(70,59-42-36-56(37-43-59)75-82(72,68(48-9-3)49-10-4)78-65-32-20-26-53-23-14-17-29-62(53)65)60-44-38-57(39-45-60)76-83(73,69(50-11-5)51-12-6)79-66-33-21-27-54-24-15-18-30-63(54)66/h7-45H,1-6,46-51H2. The van der Waals surface area contributed by atoms with Crippen molar-refractivity contribution in [2.24, 2.45) is 0 Å². The predicted octanol–water partition coefficient (Wildman–Crippen LogP) is 16.5. The van der Waals surface area contributed by atoms with Crippen molar-refractivity contribution in [2.45, 2.75) is 0 Å². The molecule has 0 aliphatic heterocycles. The van der Waals surface area contributed by atoms with Crippen molar-refractivity contribution in [1.29, 1.82) is 0 Å². The monoisotopic (exact) mass is 1180 g/mol. The molecule has 0 N–H and O–H groups in total. The maximum Gasteiger partial charge on any atom is 0.516 e. The van der Waals surface area contributed by atoms with E-state index in [1.807, 2.05) is 109 Å². The highest BCUT2D eigenvalue weighted by molar-refractivity contribution is 7.85. The number of hydrogen-bond donors (Lipinski definition) is 0. The minimum atomic E-state index is -4.23. The van der Waals surface area contributed by atoms with Crippen LogP contribution in [0.4, 0.5) is 0 Å². The second kappa shape index (κ2) is 26.8. The Labute approximate surface area is 485 Å². The summed E-state index contributed by atoms with van der Waals surface area (Å²) in [6.45, 7) is 24.1. The SMILES string of the molecule is C=CCN(CC=C)P(=O)(Oc1ccc(P(=O)(c2ccc(OP(=O)(Oc3cccc4ccccc34)N(CC=C)CC=C)cc2)c2ccc(OP(=O)(Oc3cccc4ccccc34)N(CC=C)CC=C)cc2)cc1)Oc1cccc2ccccc12. The van der Waals surface area contributed by atoms with Crippen LogP contribution >= 0.6 is 30.4 Å². The fourth-order valence-corrected chi connectivity index (χ4v) is 17.0. The fraction of sp³-hybridized carbons (Fsp3) is 0.0909. The average molecular weight is 1180 g/mol. The van der Waals surface area contributed by atoms with E-state index in [9.17, 15) is 0 Å². The topological polar surface area (TPSA) is 133 Å². The number of fused-ring (bicyclic) bond motifs is 3. The smallest absolute Gasteiger partial charge is 0.404 e. The van der Waals surface area contributed by atoms with E-state index >= 15 is 18.3 Å². The summed E-state index contributed by atoms with van der Waals surface area (Å²) < 4.78 is 105. The van der Waals surface area contributed by atoms with E-state index in [0.717, 1.165) is 32.3 Å². The van der Waals surface area contributed by atoms with Crippen molar-refractivity contribution in [1.82, 2.24) is 14.0 Å². The van der Waals surface area contributed by atoms with Crippen molar-refractivity contribution >= 4 is 78.6 Å². The molecule has 0 bridgehead atoms. The number of nitrogens with zero attached hydrogens (tertiary/aromatic N) is 3. The Kier molecular flexibility index (Phi) is 19.2. The summed E-state index contributed by atoms with van der Waals surface area (Å²) in [5.74, 6) is 1.52. The van der Waals surface area contributed by atoms with Gasteiger partial charge in [-0.15, -0.1) is 39.5 Å². The molecule has 9 aromatic rings. The predicted molar refractivity (Wildman–Crippen MR) is 340 cm³/mol. The Balaban J connectivity index is 1.11. The van der Waals surface area contributed by atoms with E-state index in [1.165, 1.54) is 14.0 Å². The Bertz CT molecular complexity index is 3570. The molecule has 9 aromatic carbocycles. The second-order valence-corrected chi connectivity index (χ2v) is 27.2. The number of hydrogen-bond acceptors (Lipinski definition) is 10. The molecule has 0 heterocycles. The summed E-state index contributed by atoms with van der Waals surface area (Å²) in [5, 5.41) is 5.90. The third-order valence-electron chi connectivity index (χ3n) is 13.2. The van der Waals surface area contributed by atoms with Gasteiger partial charge in [0.1, 0.15) is 34.5 Å². The van der Waals surface area contributed by atoms with Crippen LogP contribution in [0.15, 0.2) is 276 Å². The average Bonchev–Trinajstić information content (AvgIpc) is 3.66. The first-order valence-electron chi connectivity index (χ1n) is 26.5. The van der Waals surface area contributed by atoms with Crippen molar-refractivity contribution in [3.05, 3.63) is 276 Å². The summed E-state index contributed by atoms with van der Waals surface area (Å²) in [6, 6.07) is 58.5. The minimum absolute atomic E-state index is 0.136. The van der Waals surface area contributed by atoms with Gasteiger partial charge in [0.2, 0.25) is 0 Å². The summed E-state index contributed by atoms with van der Waals surface area (Å²) in [4.78, 5) is 0. The van der Waals surface area contributed by atoms with Crippen LogP contribution in [0.1, 0.15) is 0 Å². The van der Waals surface area contributed by atoms with Gasteiger partial charge in [-0.25, -0.2) is 13.7 Å². The van der Waals surface area contributed by atoms with E-state index in [4.69, 9.17) is 27.1 Å². The zero-order valence-corrected chi connectivity index (χ0v) is 49.3. The molecule has 0 saturated heterocycles. The van der Waals surface area contributed by atoms with Crippen LogP contribution in [0.2, 0.25) is 0 Å². The molecule has 13 nitrogen and oxygen atoms in total. The number of benzene rings is 9. The third-order valence-corrected chi connectivity index (χ3v) is 22.0. The van der Waals surface area contributed by atoms with Crippen molar-refractivity contribution in [2.75, 3.05) is 39.3 Å². The molecule has 0 aliphatic rings.